The molecule has 0 atom stereocenters. The summed E-state index contributed by atoms with van der Waals surface area (Å²) in [6.45, 7) is 0. The van der Waals surface area contributed by atoms with E-state index in [1.807, 2.05) is 24.3 Å². The van der Waals surface area contributed by atoms with Gasteiger partial charge in [0, 0.05) is 10.7 Å². The fourth-order valence-corrected chi connectivity index (χ4v) is 3.09. The van der Waals surface area contributed by atoms with Gasteiger partial charge in [-0.1, -0.05) is 46.7 Å². The molecule has 0 saturated heterocycles. The summed E-state index contributed by atoms with van der Waals surface area (Å²) in [5.41, 5.74) is 1.51. The highest BCUT2D eigenvalue weighted by Crippen LogP contribution is 2.26. The highest BCUT2D eigenvalue weighted by atomic mass is 35.5. The van der Waals surface area contributed by atoms with Gasteiger partial charge in [0.25, 0.3) is 5.91 Å². The first kappa shape index (κ1) is 18.4. The minimum absolute atomic E-state index is 0.219. The van der Waals surface area contributed by atoms with Crippen LogP contribution in [-0.4, -0.2) is 23.2 Å². The monoisotopic (exact) mass is 405 g/mol. The molecule has 26 heavy (non-hydrogen) atoms. The van der Waals surface area contributed by atoms with Crippen LogP contribution in [0.25, 0.3) is 11.1 Å². The van der Waals surface area contributed by atoms with Crippen molar-refractivity contribution >= 4 is 57.2 Å². The molecular weight excluding hydrogens is 393 g/mol. The van der Waals surface area contributed by atoms with E-state index in [4.69, 9.17) is 27.9 Å². The van der Waals surface area contributed by atoms with Crippen molar-refractivity contribution in [2.24, 2.45) is 0 Å². The minimum atomic E-state index is -0.356. The van der Waals surface area contributed by atoms with E-state index in [0.717, 1.165) is 22.6 Å². The quantitative estimate of drug-likeness (QED) is 0.634. The number of hydrogen-bond acceptors (Lipinski definition) is 5. The Morgan fingerprint density at radius 1 is 1.08 bits per heavy atom. The summed E-state index contributed by atoms with van der Waals surface area (Å²) in [6.07, 6.45) is 1.75. The molecule has 1 aromatic heterocycles. The van der Waals surface area contributed by atoms with E-state index in [-0.39, 0.29) is 10.9 Å². The van der Waals surface area contributed by atoms with Crippen LogP contribution < -0.4 is 10.1 Å². The molecule has 1 N–H and O–H groups in total. The molecule has 0 radical (unpaired) electrons. The van der Waals surface area contributed by atoms with E-state index in [1.165, 1.54) is 0 Å². The van der Waals surface area contributed by atoms with Gasteiger partial charge in [-0.3, -0.25) is 4.79 Å². The second-order valence-electron chi connectivity index (χ2n) is 5.14. The van der Waals surface area contributed by atoms with Crippen LogP contribution >= 0.6 is 34.5 Å². The SMILES string of the molecule is COc1ccc(C=C(Cl)c2nnc(C(=O)Nc3ccc(Cl)cc3)s2)cc1. The molecule has 5 nitrogen and oxygen atoms in total. The Kier molecular flexibility index (Phi) is 5.88. The first-order chi connectivity index (χ1) is 12.5. The van der Waals surface area contributed by atoms with E-state index in [0.29, 0.717) is 20.7 Å². The number of amides is 1. The molecule has 3 aromatic rings. The Morgan fingerprint density at radius 2 is 1.73 bits per heavy atom. The van der Waals surface area contributed by atoms with Crippen LogP contribution in [0.4, 0.5) is 5.69 Å². The summed E-state index contributed by atoms with van der Waals surface area (Å²) in [5.74, 6) is 0.403. The number of rotatable bonds is 5. The fraction of sp³-hybridized carbons (Fsp3) is 0.0556. The number of nitrogens with one attached hydrogen (secondary N) is 1. The van der Waals surface area contributed by atoms with Crippen molar-refractivity contribution in [2.75, 3.05) is 12.4 Å². The van der Waals surface area contributed by atoms with E-state index in [9.17, 15) is 4.79 Å². The van der Waals surface area contributed by atoms with Gasteiger partial charge in [-0.2, -0.15) is 0 Å². The zero-order valence-corrected chi connectivity index (χ0v) is 15.9. The van der Waals surface area contributed by atoms with Gasteiger partial charge in [-0.15, -0.1) is 10.2 Å². The molecule has 2 aromatic carbocycles. The summed E-state index contributed by atoms with van der Waals surface area (Å²) in [6, 6.07) is 14.2. The number of carbonyl (C=O) groups is 1. The van der Waals surface area contributed by atoms with Crippen molar-refractivity contribution in [2.45, 2.75) is 0 Å². The van der Waals surface area contributed by atoms with Crippen molar-refractivity contribution < 1.29 is 9.53 Å². The summed E-state index contributed by atoms with van der Waals surface area (Å²) < 4.78 is 5.12. The van der Waals surface area contributed by atoms with Crippen LogP contribution in [0, 0.1) is 0 Å². The predicted molar refractivity (Wildman–Crippen MR) is 106 cm³/mol. The van der Waals surface area contributed by atoms with Gasteiger partial charge < -0.3 is 10.1 Å². The smallest absolute Gasteiger partial charge is 0.286 e. The molecule has 1 heterocycles. The summed E-state index contributed by atoms with van der Waals surface area (Å²) >= 11 is 13.2. The number of nitrogens with zero attached hydrogens (tertiary/aromatic N) is 2. The number of anilines is 1. The minimum Gasteiger partial charge on any atom is -0.497 e. The molecule has 0 bridgehead atoms. The number of carbonyl (C=O) groups excluding carboxylic acids is 1. The number of methoxy groups -OCH3 is 1. The maximum absolute atomic E-state index is 12.3. The van der Waals surface area contributed by atoms with Gasteiger partial charge in [0.2, 0.25) is 5.01 Å². The Bertz CT molecular complexity index is 938. The van der Waals surface area contributed by atoms with Gasteiger partial charge in [-0.05, 0) is 48.0 Å². The topological polar surface area (TPSA) is 64.1 Å². The van der Waals surface area contributed by atoms with E-state index in [2.05, 4.69) is 15.5 Å². The molecule has 0 aliphatic rings. The highest BCUT2D eigenvalue weighted by molar-refractivity contribution is 7.15. The Morgan fingerprint density at radius 3 is 2.38 bits per heavy atom. The van der Waals surface area contributed by atoms with Crippen LogP contribution in [0.2, 0.25) is 5.02 Å². The third kappa shape index (κ3) is 4.60. The molecule has 0 aliphatic heterocycles. The lowest BCUT2D eigenvalue weighted by molar-refractivity contribution is 0.102. The second kappa shape index (κ2) is 8.31. The van der Waals surface area contributed by atoms with Crippen LogP contribution in [0.1, 0.15) is 20.4 Å². The van der Waals surface area contributed by atoms with Crippen LogP contribution in [0.3, 0.4) is 0 Å². The van der Waals surface area contributed by atoms with Gasteiger partial charge >= 0.3 is 0 Å². The zero-order chi connectivity index (χ0) is 18.5. The van der Waals surface area contributed by atoms with Crippen molar-refractivity contribution in [1.82, 2.24) is 10.2 Å². The molecule has 0 aliphatic carbocycles. The standard InChI is InChI=1S/C18H13Cl2N3O2S/c1-25-14-8-2-11(3-9-14)10-15(20)17-22-23-18(26-17)16(24)21-13-6-4-12(19)5-7-13/h2-10H,1H3,(H,21,24). The van der Waals surface area contributed by atoms with Crippen LogP contribution in [0.5, 0.6) is 5.75 Å². The summed E-state index contributed by atoms with van der Waals surface area (Å²) in [7, 11) is 1.61. The van der Waals surface area contributed by atoms with Crippen LogP contribution in [-0.2, 0) is 0 Å². The third-order valence-electron chi connectivity index (χ3n) is 3.33. The molecule has 0 unspecified atom stereocenters. The largest absolute Gasteiger partial charge is 0.497 e. The molecule has 1 amide bonds. The molecular formula is C18H13Cl2N3O2S. The number of aromatic nitrogens is 2. The Labute approximate surface area is 164 Å². The normalized spacial score (nSPS) is 11.3. The van der Waals surface area contributed by atoms with Crippen molar-refractivity contribution in [3.8, 4) is 5.75 Å². The lowest BCUT2D eigenvalue weighted by Gasteiger charge is -2.01. The number of hydrogen-bond donors (Lipinski definition) is 1. The van der Waals surface area contributed by atoms with Crippen LogP contribution in [0.15, 0.2) is 48.5 Å². The average molecular weight is 406 g/mol. The van der Waals surface area contributed by atoms with Gasteiger partial charge in [0.05, 0.1) is 12.1 Å². The lowest BCUT2D eigenvalue weighted by Crippen LogP contribution is -2.11. The third-order valence-corrected chi connectivity index (χ3v) is 4.94. The average Bonchev–Trinajstić information content (AvgIpc) is 3.15. The fourth-order valence-electron chi connectivity index (χ4n) is 2.04. The number of ether oxygens (including phenoxy) is 1. The summed E-state index contributed by atoms with van der Waals surface area (Å²) in [4.78, 5) is 12.3. The second-order valence-corrected chi connectivity index (χ2v) is 6.96. The molecule has 0 spiro atoms. The van der Waals surface area contributed by atoms with Crippen molar-refractivity contribution in [1.29, 1.82) is 0 Å². The lowest BCUT2D eigenvalue weighted by atomic mass is 10.2. The summed E-state index contributed by atoms with van der Waals surface area (Å²) in [5, 5.41) is 12.3. The van der Waals surface area contributed by atoms with Gasteiger partial charge in [-0.25, -0.2) is 0 Å². The molecule has 132 valence electrons. The van der Waals surface area contributed by atoms with E-state index in [1.54, 1.807) is 37.5 Å². The van der Waals surface area contributed by atoms with E-state index < -0.39 is 0 Å². The molecule has 0 fully saturated rings. The zero-order valence-electron chi connectivity index (χ0n) is 13.6. The van der Waals surface area contributed by atoms with Gasteiger partial charge in [0.15, 0.2) is 5.01 Å². The Hall–Kier alpha value is -2.41. The van der Waals surface area contributed by atoms with Gasteiger partial charge in [0.1, 0.15) is 5.75 Å². The number of halogens is 2. The van der Waals surface area contributed by atoms with E-state index >= 15 is 0 Å². The first-order valence-corrected chi connectivity index (χ1v) is 9.04. The first-order valence-electron chi connectivity index (χ1n) is 7.47. The van der Waals surface area contributed by atoms with Crippen molar-refractivity contribution in [3.05, 3.63) is 69.1 Å². The molecule has 3 rings (SSSR count). The highest BCUT2D eigenvalue weighted by Gasteiger charge is 2.15. The maximum atomic E-state index is 12.3. The Balaban J connectivity index is 1.72. The molecule has 0 saturated carbocycles. The van der Waals surface area contributed by atoms with Crippen molar-refractivity contribution in [3.63, 3.8) is 0 Å². The maximum Gasteiger partial charge on any atom is 0.286 e. The predicted octanol–water partition coefficient (Wildman–Crippen LogP) is 5.19. The molecule has 8 heteroatoms. The number of benzene rings is 2.